The lowest BCUT2D eigenvalue weighted by atomic mass is 10.1. The quantitative estimate of drug-likeness (QED) is 0.362. The van der Waals surface area contributed by atoms with E-state index in [-0.39, 0.29) is 5.69 Å². The number of benzene rings is 1. The molecule has 0 unspecified atom stereocenters. The van der Waals surface area contributed by atoms with Crippen LogP contribution in [0, 0.1) is 0 Å². The van der Waals surface area contributed by atoms with Crippen molar-refractivity contribution >= 4 is 45.7 Å². The lowest BCUT2D eigenvalue weighted by molar-refractivity contribution is 0.0662. The number of halogens is 2. The molecule has 5 heterocycles. The Morgan fingerprint density at radius 1 is 1.09 bits per heavy atom. The number of pyridine rings is 2. The second kappa shape index (κ2) is 8.64. The Kier molecular flexibility index (Phi) is 5.44. The maximum atomic E-state index is 12.5. The summed E-state index contributed by atoms with van der Waals surface area (Å²) in [6, 6.07) is 9.28. The van der Waals surface area contributed by atoms with E-state index in [4.69, 9.17) is 38.7 Å². The van der Waals surface area contributed by atoms with Crippen molar-refractivity contribution in [3.05, 3.63) is 70.9 Å². The lowest BCUT2D eigenvalue weighted by Gasteiger charge is -2.22. The fraction of sp³-hybridized carbons (Fsp3) is 0.200. The number of fused-ring (bicyclic) bond motifs is 3. The van der Waals surface area contributed by atoms with Crippen molar-refractivity contribution in [1.29, 1.82) is 0 Å². The molecule has 10 heteroatoms. The Morgan fingerprint density at radius 3 is 2.60 bits per heavy atom. The molecule has 0 radical (unpaired) electrons. The normalized spacial score (nSPS) is 14.7. The average molecular weight is 507 g/mol. The number of nitrogens with zero attached hydrogens (tertiary/aromatic N) is 5. The number of primary amides is 1. The van der Waals surface area contributed by atoms with E-state index in [1.54, 1.807) is 28.8 Å². The van der Waals surface area contributed by atoms with E-state index in [0.29, 0.717) is 33.0 Å². The van der Waals surface area contributed by atoms with Gasteiger partial charge < -0.3 is 10.5 Å². The molecule has 5 aromatic rings. The predicted molar refractivity (Wildman–Crippen MR) is 135 cm³/mol. The Hall–Kier alpha value is -3.46. The highest BCUT2D eigenvalue weighted by molar-refractivity contribution is 6.39. The molecule has 4 aromatic heterocycles. The van der Waals surface area contributed by atoms with Crippen molar-refractivity contribution in [3.8, 4) is 22.4 Å². The first-order valence-corrected chi connectivity index (χ1v) is 11.9. The molecule has 0 aliphatic carbocycles. The van der Waals surface area contributed by atoms with Crippen LogP contribution in [0.5, 0.6) is 0 Å². The summed E-state index contributed by atoms with van der Waals surface area (Å²) < 4.78 is 9.13. The van der Waals surface area contributed by atoms with E-state index >= 15 is 0 Å². The monoisotopic (exact) mass is 506 g/mol. The van der Waals surface area contributed by atoms with Gasteiger partial charge in [-0.3, -0.25) is 18.9 Å². The largest absolute Gasteiger partial charge is 0.381 e. The first-order chi connectivity index (χ1) is 17.0. The molecular formula is C25H20Cl2N6O2. The zero-order chi connectivity index (χ0) is 24.1. The minimum atomic E-state index is -0.635. The van der Waals surface area contributed by atoms with Crippen LogP contribution in [0.1, 0.15) is 29.4 Å². The maximum Gasteiger partial charge on any atom is 0.268 e. The predicted octanol–water partition coefficient (Wildman–Crippen LogP) is 5.17. The summed E-state index contributed by atoms with van der Waals surface area (Å²) in [5, 5.41) is 6.11. The van der Waals surface area contributed by atoms with Crippen LogP contribution in [0.25, 0.3) is 38.9 Å². The van der Waals surface area contributed by atoms with Crippen LogP contribution in [0.15, 0.2) is 55.1 Å². The molecule has 2 N–H and O–H groups in total. The van der Waals surface area contributed by atoms with Crippen molar-refractivity contribution in [3.63, 3.8) is 0 Å². The number of aromatic nitrogens is 5. The first-order valence-electron chi connectivity index (χ1n) is 11.2. The zero-order valence-electron chi connectivity index (χ0n) is 18.5. The van der Waals surface area contributed by atoms with Gasteiger partial charge in [-0.15, -0.1) is 0 Å². The summed E-state index contributed by atoms with van der Waals surface area (Å²) >= 11 is 12.9. The Balaban J connectivity index is 1.52. The third-order valence-corrected chi connectivity index (χ3v) is 7.01. The van der Waals surface area contributed by atoms with Crippen molar-refractivity contribution in [1.82, 2.24) is 24.1 Å². The highest BCUT2D eigenvalue weighted by Gasteiger charge is 2.24. The van der Waals surface area contributed by atoms with Crippen molar-refractivity contribution in [2.24, 2.45) is 5.73 Å². The van der Waals surface area contributed by atoms with Gasteiger partial charge in [0.25, 0.3) is 5.91 Å². The minimum Gasteiger partial charge on any atom is -0.381 e. The Labute approximate surface area is 210 Å². The number of imidazole rings is 1. The molecule has 1 fully saturated rings. The van der Waals surface area contributed by atoms with Crippen molar-refractivity contribution < 1.29 is 9.53 Å². The number of rotatable bonds is 4. The lowest BCUT2D eigenvalue weighted by Crippen LogP contribution is -2.19. The molecule has 8 nitrogen and oxygen atoms in total. The Bertz CT molecular complexity index is 1580. The van der Waals surface area contributed by atoms with E-state index in [1.807, 2.05) is 35.4 Å². The van der Waals surface area contributed by atoms with Crippen LogP contribution in [-0.2, 0) is 4.74 Å². The van der Waals surface area contributed by atoms with Gasteiger partial charge in [-0.25, -0.2) is 4.98 Å². The van der Waals surface area contributed by atoms with Crippen molar-refractivity contribution in [2.75, 3.05) is 13.2 Å². The summed E-state index contributed by atoms with van der Waals surface area (Å²) in [5.74, 6) is -0.635. The van der Waals surface area contributed by atoms with Gasteiger partial charge in [0, 0.05) is 53.9 Å². The molecule has 1 aliphatic heterocycles. The van der Waals surface area contributed by atoms with E-state index in [9.17, 15) is 4.79 Å². The summed E-state index contributed by atoms with van der Waals surface area (Å²) in [6.07, 6.45) is 9.30. The second-order valence-corrected chi connectivity index (χ2v) is 9.30. The van der Waals surface area contributed by atoms with Gasteiger partial charge in [-0.2, -0.15) is 5.10 Å². The highest BCUT2D eigenvalue weighted by atomic mass is 35.5. The van der Waals surface area contributed by atoms with E-state index in [1.165, 1.54) is 0 Å². The van der Waals surface area contributed by atoms with Gasteiger partial charge in [0.1, 0.15) is 17.0 Å². The molecule has 1 aromatic carbocycles. The van der Waals surface area contributed by atoms with E-state index in [2.05, 4.69) is 10.1 Å². The van der Waals surface area contributed by atoms with Gasteiger partial charge >= 0.3 is 0 Å². The Morgan fingerprint density at radius 2 is 1.86 bits per heavy atom. The molecule has 1 aliphatic rings. The van der Waals surface area contributed by atoms with Crippen LogP contribution >= 0.6 is 23.2 Å². The number of ether oxygens (including phenoxy) is 1. The molecule has 1 saturated heterocycles. The SMILES string of the molecule is NC(=O)c1c(-c2c(Cl)cccc2Cl)nc2c3cc(-c4cnn(C5CCOCC5)c4)cnc3ccn12. The average Bonchev–Trinajstić information content (AvgIpc) is 3.50. The van der Waals surface area contributed by atoms with Gasteiger partial charge in [0.15, 0.2) is 0 Å². The molecule has 0 atom stereocenters. The summed E-state index contributed by atoms with van der Waals surface area (Å²) in [5.41, 5.74) is 9.89. The standard InChI is InChI=1S/C25H20Cl2N6O2/c26-18-2-1-3-19(27)21(18)22-23(24(28)34)32-7-4-20-17(25(32)31-22)10-14(11-29-20)15-12-30-33(13-15)16-5-8-35-9-6-16/h1-4,7,10-13,16H,5-6,8-9H2,(H2,28,34). The van der Waals surface area contributed by atoms with Gasteiger partial charge in [0.2, 0.25) is 0 Å². The number of carbonyl (C=O) groups is 1. The number of amides is 1. The number of nitrogens with two attached hydrogens (primary N) is 1. The number of hydrogen-bond acceptors (Lipinski definition) is 5. The molecule has 6 rings (SSSR count). The third-order valence-electron chi connectivity index (χ3n) is 6.38. The molecule has 35 heavy (non-hydrogen) atoms. The molecular weight excluding hydrogens is 487 g/mol. The van der Waals surface area contributed by atoms with Crippen LogP contribution in [-0.4, -0.2) is 43.3 Å². The summed E-state index contributed by atoms with van der Waals surface area (Å²) in [6.45, 7) is 1.49. The number of hydrogen-bond donors (Lipinski definition) is 1. The van der Waals surface area contributed by atoms with Gasteiger partial charge in [-0.1, -0.05) is 29.3 Å². The molecule has 0 spiro atoms. The topological polar surface area (TPSA) is 100 Å². The first kappa shape index (κ1) is 22.0. The van der Waals surface area contributed by atoms with Gasteiger partial charge in [0.05, 0.1) is 27.8 Å². The minimum absolute atomic E-state index is 0.203. The zero-order valence-corrected chi connectivity index (χ0v) is 20.0. The summed E-state index contributed by atoms with van der Waals surface area (Å²) in [7, 11) is 0. The van der Waals surface area contributed by atoms with Gasteiger partial charge in [-0.05, 0) is 37.1 Å². The van der Waals surface area contributed by atoms with Crippen LogP contribution in [0.4, 0.5) is 0 Å². The number of carbonyl (C=O) groups excluding carboxylic acids is 1. The smallest absolute Gasteiger partial charge is 0.268 e. The summed E-state index contributed by atoms with van der Waals surface area (Å²) in [4.78, 5) is 21.9. The molecule has 0 saturated carbocycles. The van der Waals surface area contributed by atoms with Crippen LogP contribution in [0.3, 0.4) is 0 Å². The highest BCUT2D eigenvalue weighted by Crippen LogP contribution is 2.37. The third kappa shape index (κ3) is 3.74. The second-order valence-electron chi connectivity index (χ2n) is 8.49. The molecule has 176 valence electrons. The molecule has 0 bridgehead atoms. The van der Waals surface area contributed by atoms with E-state index < -0.39 is 5.91 Å². The van der Waals surface area contributed by atoms with Crippen LogP contribution in [0.2, 0.25) is 10.0 Å². The van der Waals surface area contributed by atoms with E-state index in [0.717, 1.165) is 48.1 Å². The van der Waals surface area contributed by atoms with Crippen molar-refractivity contribution in [2.45, 2.75) is 18.9 Å². The molecule has 1 amide bonds. The van der Waals surface area contributed by atoms with Crippen LogP contribution < -0.4 is 5.73 Å². The fourth-order valence-corrected chi connectivity index (χ4v) is 5.20. The maximum absolute atomic E-state index is 12.5. The fourth-order valence-electron chi connectivity index (χ4n) is 4.63.